The fraction of sp³-hybridized carbons (Fsp3) is 0.636. The smallest absolute Gasteiger partial charge is 0.308 e. The Hall–Kier alpha value is -0.940. The van der Waals surface area contributed by atoms with Gasteiger partial charge in [0.25, 0.3) is 0 Å². The van der Waals surface area contributed by atoms with Gasteiger partial charge in [-0.15, -0.1) is 11.3 Å². The molecule has 0 aliphatic carbocycles. The summed E-state index contributed by atoms with van der Waals surface area (Å²) in [7, 11) is 0. The zero-order chi connectivity index (χ0) is 11.5. The molecule has 1 unspecified atom stereocenters. The Morgan fingerprint density at radius 2 is 2.44 bits per heavy atom. The van der Waals surface area contributed by atoms with Crippen LogP contribution >= 0.6 is 11.3 Å². The number of aliphatic carboxylic acids is 1. The van der Waals surface area contributed by atoms with Crippen LogP contribution in [0.3, 0.4) is 0 Å². The van der Waals surface area contributed by atoms with Gasteiger partial charge in [-0.2, -0.15) is 0 Å². The van der Waals surface area contributed by atoms with Gasteiger partial charge in [-0.25, -0.2) is 4.98 Å². The highest BCUT2D eigenvalue weighted by Gasteiger charge is 2.20. The molecular weight excluding hydrogens is 224 g/mol. The normalized spacial score (nSPS) is 20.9. The van der Waals surface area contributed by atoms with Crippen LogP contribution in [0.1, 0.15) is 40.9 Å². The number of carbonyl (C=O) groups is 1. The molecule has 1 fully saturated rings. The average Bonchev–Trinajstić information content (AvgIpc) is 2.61. The lowest BCUT2D eigenvalue weighted by Crippen LogP contribution is -2.26. The van der Waals surface area contributed by atoms with Crippen molar-refractivity contribution < 1.29 is 9.90 Å². The molecule has 2 heterocycles. The summed E-state index contributed by atoms with van der Waals surface area (Å²) in [6.07, 6.45) is 3.66. The lowest BCUT2D eigenvalue weighted by Gasteiger charge is -2.21. The summed E-state index contributed by atoms with van der Waals surface area (Å²) < 4.78 is 0. The molecule has 0 radical (unpaired) electrons. The Morgan fingerprint density at radius 3 is 3.06 bits per heavy atom. The molecule has 1 aliphatic rings. The Labute approximate surface area is 98.7 Å². The number of thiazole rings is 1. The van der Waals surface area contributed by atoms with Gasteiger partial charge in [-0.3, -0.25) is 4.79 Å². The fourth-order valence-electron chi connectivity index (χ4n) is 1.96. The first-order valence-electron chi connectivity index (χ1n) is 5.58. The van der Waals surface area contributed by atoms with Crippen molar-refractivity contribution >= 4 is 17.3 Å². The van der Waals surface area contributed by atoms with E-state index in [1.54, 1.807) is 0 Å². The molecule has 1 aromatic rings. The number of nitrogens with one attached hydrogen (secondary N) is 1. The lowest BCUT2D eigenvalue weighted by atomic mass is 10.1. The van der Waals surface area contributed by atoms with E-state index in [-0.39, 0.29) is 6.42 Å². The largest absolute Gasteiger partial charge is 0.481 e. The van der Waals surface area contributed by atoms with Crippen LogP contribution in [-0.4, -0.2) is 22.6 Å². The summed E-state index contributed by atoms with van der Waals surface area (Å²) >= 11 is 1.54. The van der Waals surface area contributed by atoms with E-state index in [9.17, 15) is 4.79 Å². The highest BCUT2D eigenvalue weighted by molar-refractivity contribution is 7.11. The summed E-state index contributed by atoms with van der Waals surface area (Å²) in [6, 6.07) is 0.333. The topological polar surface area (TPSA) is 62.2 Å². The number of nitrogens with zero attached hydrogens (tertiary/aromatic N) is 1. The second-order valence-electron chi connectivity index (χ2n) is 4.13. The number of piperidine rings is 1. The summed E-state index contributed by atoms with van der Waals surface area (Å²) in [5, 5.41) is 13.3. The quantitative estimate of drug-likeness (QED) is 0.847. The van der Waals surface area contributed by atoms with Crippen LogP contribution in [0.25, 0.3) is 0 Å². The first kappa shape index (κ1) is 11.5. The van der Waals surface area contributed by atoms with Crippen molar-refractivity contribution in [2.45, 2.75) is 38.6 Å². The number of rotatable bonds is 3. The first-order valence-corrected chi connectivity index (χ1v) is 6.40. The maximum Gasteiger partial charge on any atom is 0.308 e. The zero-order valence-corrected chi connectivity index (χ0v) is 10.1. The summed E-state index contributed by atoms with van der Waals surface area (Å²) in [4.78, 5) is 16.0. The lowest BCUT2D eigenvalue weighted by molar-refractivity contribution is -0.136. The summed E-state index contributed by atoms with van der Waals surface area (Å²) in [5.41, 5.74) is 0.870. The van der Waals surface area contributed by atoms with Gasteiger partial charge in [-0.1, -0.05) is 6.42 Å². The predicted octanol–water partition coefficient (Wildman–Crippen LogP) is 1.89. The van der Waals surface area contributed by atoms with Crippen LogP contribution in [0.5, 0.6) is 0 Å². The minimum Gasteiger partial charge on any atom is -0.481 e. The summed E-state index contributed by atoms with van der Waals surface area (Å²) in [5.74, 6) is -0.782. The molecule has 0 spiro atoms. The van der Waals surface area contributed by atoms with E-state index in [2.05, 4.69) is 10.3 Å². The second-order valence-corrected chi connectivity index (χ2v) is 5.25. The average molecular weight is 240 g/mol. The van der Waals surface area contributed by atoms with E-state index in [1.807, 2.05) is 6.92 Å². The van der Waals surface area contributed by atoms with Crippen molar-refractivity contribution in [3.8, 4) is 0 Å². The monoisotopic (exact) mass is 240 g/mol. The van der Waals surface area contributed by atoms with E-state index in [4.69, 9.17) is 5.11 Å². The minimum atomic E-state index is -0.782. The van der Waals surface area contributed by atoms with E-state index in [0.29, 0.717) is 6.04 Å². The molecule has 1 aromatic heterocycles. The van der Waals surface area contributed by atoms with Crippen molar-refractivity contribution in [2.24, 2.45) is 0 Å². The van der Waals surface area contributed by atoms with E-state index >= 15 is 0 Å². The summed E-state index contributed by atoms with van der Waals surface area (Å²) in [6.45, 7) is 2.93. The van der Waals surface area contributed by atoms with Crippen molar-refractivity contribution in [2.75, 3.05) is 6.54 Å². The number of carboxylic acids is 1. The molecule has 5 heteroatoms. The van der Waals surface area contributed by atoms with E-state index in [1.165, 1.54) is 24.2 Å². The van der Waals surface area contributed by atoms with Crippen molar-refractivity contribution in [1.29, 1.82) is 0 Å². The van der Waals surface area contributed by atoms with Crippen LogP contribution < -0.4 is 5.32 Å². The highest BCUT2D eigenvalue weighted by atomic mass is 32.1. The Kier molecular flexibility index (Phi) is 3.56. The molecule has 4 nitrogen and oxygen atoms in total. The molecule has 1 saturated heterocycles. The number of aryl methyl sites for hydroxylation is 1. The SMILES string of the molecule is Cc1nc(C2CCCCN2)sc1CC(=O)O. The highest BCUT2D eigenvalue weighted by Crippen LogP contribution is 2.28. The molecular formula is C11H16N2O2S. The van der Waals surface area contributed by atoms with E-state index in [0.717, 1.165) is 28.5 Å². The standard InChI is InChI=1S/C11H16N2O2S/c1-7-9(6-10(14)15)16-11(13-7)8-4-2-3-5-12-8/h8,12H,2-6H2,1H3,(H,14,15). The van der Waals surface area contributed by atoms with Gasteiger partial charge in [0.05, 0.1) is 18.2 Å². The van der Waals surface area contributed by atoms with E-state index < -0.39 is 5.97 Å². The fourth-order valence-corrected chi connectivity index (χ4v) is 3.13. The van der Waals surface area contributed by atoms with Crippen LogP contribution in [0.15, 0.2) is 0 Å². The molecule has 1 atom stereocenters. The van der Waals surface area contributed by atoms with Crippen LogP contribution in [0.4, 0.5) is 0 Å². The van der Waals surface area contributed by atoms with Gasteiger partial charge in [0.15, 0.2) is 0 Å². The maximum absolute atomic E-state index is 10.7. The van der Waals surface area contributed by atoms with Gasteiger partial charge in [0.2, 0.25) is 0 Å². The third-order valence-corrected chi connectivity index (χ3v) is 4.10. The van der Waals surface area contributed by atoms with Crippen LogP contribution in [-0.2, 0) is 11.2 Å². The molecule has 0 aromatic carbocycles. The van der Waals surface area contributed by atoms with Gasteiger partial charge >= 0.3 is 5.97 Å². The minimum absolute atomic E-state index is 0.0935. The number of aromatic nitrogens is 1. The molecule has 1 aliphatic heterocycles. The predicted molar refractivity (Wildman–Crippen MR) is 62.8 cm³/mol. The number of carboxylic acid groups (broad SMARTS) is 1. The van der Waals surface area contributed by atoms with Crippen molar-refractivity contribution in [3.63, 3.8) is 0 Å². The molecule has 0 bridgehead atoms. The van der Waals surface area contributed by atoms with Crippen molar-refractivity contribution in [1.82, 2.24) is 10.3 Å². The van der Waals surface area contributed by atoms with Gasteiger partial charge in [-0.05, 0) is 26.3 Å². The van der Waals surface area contributed by atoms with Crippen LogP contribution in [0, 0.1) is 6.92 Å². The zero-order valence-electron chi connectivity index (χ0n) is 9.32. The van der Waals surface area contributed by atoms with Gasteiger partial charge < -0.3 is 10.4 Å². The third kappa shape index (κ3) is 2.59. The Morgan fingerprint density at radius 1 is 1.62 bits per heavy atom. The molecule has 88 valence electrons. The van der Waals surface area contributed by atoms with Crippen LogP contribution in [0.2, 0.25) is 0 Å². The van der Waals surface area contributed by atoms with Crippen molar-refractivity contribution in [3.05, 3.63) is 15.6 Å². The Balaban J connectivity index is 2.12. The molecule has 2 rings (SSSR count). The third-order valence-electron chi connectivity index (χ3n) is 2.83. The molecule has 2 N–H and O–H groups in total. The molecule has 16 heavy (non-hydrogen) atoms. The molecule has 0 saturated carbocycles. The number of hydrogen-bond donors (Lipinski definition) is 2. The maximum atomic E-state index is 10.7. The molecule has 0 amide bonds. The Bertz CT molecular complexity index is 383. The van der Waals surface area contributed by atoms with Gasteiger partial charge in [0, 0.05) is 4.88 Å². The first-order chi connectivity index (χ1) is 7.66. The van der Waals surface area contributed by atoms with Gasteiger partial charge in [0.1, 0.15) is 5.01 Å². The number of hydrogen-bond acceptors (Lipinski definition) is 4. The second kappa shape index (κ2) is 4.93.